The van der Waals surface area contributed by atoms with Crippen LogP contribution in [0.5, 0.6) is 5.75 Å². The molecule has 1 heterocycles. The van der Waals surface area contributed by atoms with Crippen LogP contribution in [0.1, 0.15) is 21.7 Å². The van der Waals surface area contributed by atoms with Gasteiger partial charge in [-0.1, -0.05) is 11.6 Å². The summed E-state index contributed by atoms with van der Waals surface area (Å²) in [6.07, 6.45) is 1.46. The number of benzene rings is 1. The molecule has 0 atom stereocenters. The predicted molar refractivity (Wildman–Crippen MR) is 72.6 cm³/mol. The summed E-state index contributed by atoms with van der Waals surface area (Å²) in [6, 6.07) is 6.90. The number of halogens is 1. The smallest absolute Gasteiger partial charge is 0.287 e. The number of methoxy groups -OCH3 is 1. The van der Waals surface area contributed by atoms with Crippen molar-refractivity contribution in [1.29, 1.82) is 0 Å². The zero-order valence-corrected chi connectivity index (χ0v) is 11.5. The van der Waals surface area contributed by atoms with Crippen LogP contribution in [0, 0.1) is 6.92 Å². The van der Waals surface area contributed by atoms with Crippen molar-refractivity contribution in [2.24, 2.45) is 0 Å². The second-order valence-corrected chi connectivity index (χ2v) is 4.48. The van der Waals surface area contributed by atoms with Crippen LogP contribution >= 0.6 is 11.6 Å². The fourth-order valence-corrected chi connectivity index (χ4v) is 1.88. The Labute approximate surface area is 116 Å². The van der Waals surface area contributed by atoms with Gasteiger partial charge in [-0.05, 0) is 36.8 Å². The van der Waals surface area contributed by atoms with Gasteiger partial charge in [0.05, 0.1) is 13.4 Å². The van der Waals surface area contributed by atoms with Crippen LogP contribution in [0.25, 0.3) is 0 Å². The summed E-state index contributed by atoms with van der Waals surface area (Å²) in [5.41, 5.74) is 1.75. The summed E-state index contributed by atoms with van der Waals surface area (Å²) in [6.45, 7) is 2.22. The maximum atomic E-state index is 11.8. The van der Waals surface area contributed by atoms with Crippen molar-refractivity contribution in [3.05, 3.63) is 52.4 Å². The first-order valence-corrected chi connectivity index (χ1v) is 6.14. The number of hydrogen-bond acceptors (Lipinski definition) is 3. The largest absolute Gasteiger partial charge is 0.496 e. The Morgan fingerprint density at radius 1 is 1.47 bits per heavy atom. The number of aryl methyl sites for hydroxylation is 1. The Morgan fingerprint density at radius 3 is 2.89 bits per heavy atom. The van der Waals surface area contributed by atoms with Gasteiger partial charge in [0.1, 0.15) is 5.75 Å². The lowest BCUT2D eigenvalue weighted by Gasteiger charge is -2.11. The molecule has 1 aromatic carbocycles. The molecular weight excluding hydrogens is 266 g/mol. The normalized spacial score (nSPS) is 10.3. The summed E-state index contributed by atoms with van der Waals surface area (Å²) >= 11 is 6.07. The van der Waals surface area contributed by atoms with Gasteiger partial charge in [-0.2, -0.15) is 0 Å². The molecule has 0 unspecified atom stereocenters. The fourth-order valence-electron chi connectivity index (χ4n) is 1.69. The van der Waals surface area contributed by atoms with Crippen molar-refractivity contribution in [2.45, 2.75) is 13.5 Å². The van der Waals surface area contributed by atoms with Crippen molar-refractivity contribution in [1.82, 2.24) is 5.32 Å². The Balaban J connectivity index is 2.11. The van der Waals surface area contributed by atoms with Crippen molar-refractivity contribution in [2.75, 3.05) is 7.11 Å². The molecule has 4 nitrogen and oxygen atoms in total. The number of carbonyl (C=O) groups excluding carboxylic acids is 1. The summed E-state index contributed by atoms with van der Waals surface area (Å²) in [5.74, 6) is 0.697. The van der Waals surface area contributed by atoms with Crippen molar-refractivity contribution < 1.29 is 13.9 Å². The Kier molecular flexibility index (Phi) is 4.12. The monoisotopic (exact) mass is 279 g/mol. The van der Waals surface area contributed by atoms with Crippen LogP contribution in [0.15, 0.2) is 34.9 Å². The molecule has 0 saturated carbocycles. The van der Waals surface area contributed by atoms with Crippen molar-refractivity contribution >= 4 is 17.5 Å². The maximum Gasteiger partial charge on any atom is 0.287 e. The zero-order chi connectivity index (χ0) is 13.8. The lowest BCUT2D eigenvalue weighted by atomic mass is 10.1. The van der Waals surface area contributed by atoms with Crippen LogP contribution in [0.4, 0.5) is 0 Å². The Morgan fingerprint density at radius 2 is 2.26 bits per heavy atom. The van der Waals surface area contributed by atoms with Gasteiger partial charge < -0.3 is 14.5 Å². The van der Waals surface area contributed by atoms with E-state index in [4.69, 9.17) is 20.8 Å². The van der Waals surface area contributed by atoms with Gasteiger partial charge in [0, 0.05) is 17.1 Å². The van der Waals surface area contributed by atoms with E-state index in [2.05, 4.69) is 5.32 Å². The number of rotatable bonds is 4. The van der Waals surface area contributed by atoms with E-state index < -0.39 is 0 Å². The van der Waals surface area contributed by atoms with E-state index in [1.54, 1.807) is 25.3 Å². The van der Waals surface area contributed by atoms with E-state index in [1.165, 1.54) is 6.26 Å². The molecule has 0 fully saturated rings. The van der Waals surface area contributed by atoms with Crippen LogP contribution in [0.3, 0.4) is 0 Å². The standard InChI is InChI=1S/C14H14ClNO3/c1-9-6-13(18-2)10(7-11(9)15)8-16-14(17)12-4-3-5-19-12/h3-7H,8H2,1-2H3,(H,16,17). The molecule has 0 radical (unpaired) electrons. The van der Waals surface area contributed by atoms with Gasteiger partial charge in [-0.3, -0.25) is 4.79 Å². The van der Waals surface area contributed by atoms with Gasteiger partial charge >= 0.3 is 0 Å². The molecule has 0 bridgehead atoms. The number of amides is 1. The highest BCUT2D eigenvalue weighted by molar-refractivity contribution is 6.31. The minimum absolute atomic E-state index is 0.274. The molecule has 1 aromatic heterocycles. The van der Waals surface area contributed by atoms with Gasteiger partial charge in [0.2, 0.25) is 0 Å². The molecule has 0 aliphatic heterocycles. The lowest BCUT2D eigenvalue weighted by Crippen LogP contribution is -2.22. The third-order valence-electron chi connectivity index (χ3n) is 2.75. The topological polar surface area (TPSA) is 51.5 Å². The average molecular weight is 280 g/mol. The molecule has 1 amide bonds. The van der Waals surface area contributed by atoms with Crippen LogP contribution in [0.2, 0.25) is 5.02 Å². The lowest BCUT2D eigenvalue weighted by molar-refractivity contribution is 0.0923. The summed E-state index contributed by atoms with van der Waals surface area (Å²) in [4.78, 5) is 11.8. The Bertz CT molecular complexity index is 579. The molecule has 0 aliphatic carbocycles. The maximum absolute atomic E-state index is 11.8. The molecule has 2 rings (SSSR count). The van der Waals surface area contributed by atoms with Crippen LogP contribution < -0.4 is 10.1 Å². The minimum Gasteiger partial charge on any atom is -0.496 e. The zero-order valence-electron chi connectivity index (χ0n) is 10.7. The van der Waals surface area contributed by atoms with Crippen LogP contribution in [-0.2, 0) is 6.54 Å². The average Bonchev–Trinajstić information content (AvgIpc) is 2.93. The second-order valence-electron chi connectivity index (χ2n) is 4.07. The van der Waals surface area contributed by atoms with Gasteiger partial charge in [-0.15, -0.1) is 0 Å². The highest BCUT2D eigenvalue weighted by atomic mass is 35.5. The van der Waals surface area contributed by atoms with Gasteiger partial charge in [0.25, 0.3) is 5.91 Å². The minimum atomic E-state index is -0.274. The SMILES string of the molecule is COc1cc(C)c(Cl)cc1CNC(=O)c1ccco1. The summed E-state index contributed by atoms with van der Waals surface area (Å²) in [5, 5.41) is 3.39. The molecule has 2 aromatic rings. The van der Waals surface area contributed by atoms with Crippen molar-refractivity contribution in [3.8, 4) is 5.75 Å². The first-order valence-electron chi connectivity index (χ1n) is 5.76. The third kappa shape index (κ3) is 3.09. The molecule has 5 heteroatoms. The van der Waals surface area contributed by atoms with E-state index in [9.17, 15) is 4.79 Å². The predicted octanol–water partition coefficient (Wildman–Crippen LogP) is 3.18. The molecular formula is C14H14ClNO3. The molecule has 0 saturated heterocycles. The number of nitrogens with one attached hydrogen (secondary N) is 1. The number of carbonyl (C=O) groups is 1. The van der Waals surface area contributed by atoms with E-state index in [1.807, 2.05) is 13.0 Å². The molecule has 0 aliphatic rings. The molecule has 19 heavy (non-hydrogen) atoms. The molecule has 100 valence electrons. The van der Waals surface area contributed by atoms with Gasteiger partial charge in [-0.25, -0.2) is 0 Å². The highest BCUT2D eigenvalue weighted by Crippen LogP contribution is 2.26. The molecule has 0 spiro atoms. The van der Waals surface area contributed by atoms with Gasteiger partial charge in [0.15, 0.2) is 5.76 Å². The molecule has 1 N–H and O–H groups in total. The Hall–Kier alpha value is -1.94. The first-order chi connectivity index (χ1) is 9.11. The number of hydrogen-bond donors (Lipinski definition) is 1. The van der Waals surface area contributed by atoms with E-state index >= 15 is 0 Å². The second kappa shape index (κ2) is 5.80. The number of furan rings is 1. The quantitative estimate of drug-likeness (QED) is 0.935. The number of ether oxygens (including phenoxy) is 1. The summed E-state index contributed by atoms with van der Waals surface area (Å²) < 4.78 is 10.3. The van der Waals surface area contributed by atoms with Crippen LogP contribution in [-0.4, -0.2) is 13.0 Å². The third-order valence-corrected chi connectivity index (χ3v) is 3.15. The van der Waals surface area contributed by atoms with Crippen molar-refractivity contribution in [3.63, 3.8) is 0 Å². The van der Waals surface area contributed by atoms with E-state index in [0.717, 1.165) is 11.1 Å². The summed E-state index contributed by atoms with van der Waals surface area (Å²) in [7, 11) is 1.58. The highest BCUT2D eigenvalue weighted by Gasteiger charge is 2.11. The van der Waals surface area contributed by atoms with E-state index in [-0.39, 0.29) is 11.7 Å². The fraction of sp³-hybridized carbons (Fsp3) is 0.214. The van der Waals surface area contributed by atoms with E-state index in [0.29, 0.717) is 17.3 Å². The first kappa shape index (κ1) is 13.5.